The molecular weight excluding hydrogens is 328 g/mol. The van der Waals surface area contributed by atoms with E-state index in [1.807, 2.05) is 48.7 Å². The lowest BCUT2D eigenvalue weighted by molar-refractivity contribution is -0.123. The van der Waals surface area contributed by atoms with Crippen LogP contribution in [0.4, 0.5) is 0 Å². The Kier molecular flexibility index (Phi) is 7.01. The number of pyridine rings is 1. The summed E-state index contributed by atoms with van der Waals surface area (Å²) in [5, 5.41) is 2.89. The fourth-order valence-electron chi connectivity index (χ4n) is 2.71. The van der Waals surface area contributed by atoms with Gasteiger partial charge in [0.2, 0.25) is 5.43 Å². The van der Waals surface area contributed by atoms with Crippen LogP contribution in [0.1, 0.15) is 44.5 Å². The Hall–Kier alpha value is -2.56. The first-order chi connectivity index (χ1) is 12.4. The van der Waals surface area contributed by atoms with E-state index >= 15 is 0 Å². The van der Waals surface area contributed by atoms with Gasteiger partial charge in [-0.15, -0.1) is 0 Å². The summed E-state index contributed by atoms with van der Waals surface area (Å²) in [5.74, 6) is 0.569. The first kappa shape index (κ1) is 19.8. The second-order valence-corrected chi connectivity index (χ2v) is 6.96. The third-order valence-electron chi connectivity index (χ3n) is 4.36. The molecule has 0 fully saturated rings. The van der Waals surface area contributed by atoms with Gasteiger partial charge in [0.15, 0.2) is 12.4 Å². The molecule has 0 saturated heterocycles. The van der Waals surface area contributed by atoms with E-state index in [0.29, 0.717) is 5.92 Å². The summed E-state index contributed by atoms with van der Waals surface area (Å²) in [7, 11) is 0. The largest absolute Gasteiger partial charge is 0.478 e. The summed E-state index contributed by atoms with van der Waals surface area (Å²) < 4.78 is 7.57. The number of carbonyl (C=O) groups excluding carboxylic acids is 1. The Bertz CT molecular complexity index is 782. The van der Waals surface area contributed by atoms with Gasteiger partial charge in [0, 0.05) is 18.8 Å². The van der Waals surface area contributed by atoms with Gasteiger partial charge in [0.1, 0.15) is 0 Å². The van der Waals surface area contributed by atoms with E-state index in [4.69, 9.17) is 4.74 Å². The maximum absolute atomic E-state index is 12.2. The smallest absolute Gasteiger partial charge is 0.258 e. The molecule has 1 aromatic carbocycles. The van der Waals surface area contributed by atoms with Crippen molar-refractivity contribution in [3.8, 4) is 5.75 Å². The minimum Gasteiger partial charge on any atom is -0.478 e. The van der Waals surface area contributed by atoms with Crippen LogP contribution >= 0.6 is 0 Å². The number of aryl methyl sites for hydroxylation is 1. The molecule has 0 saturated carbocycles. The van der Waals surface area contributed by atoms with Gasteiger partial charge in [-0.2, -0.15) is 0 Å². The third kappa shape index (κ3) is 5.48. The standard InChI is InChI=1S/C21H28N2O3/c1-15(2)10-12-23-13-11-19(24)21(17(23)4)26-14-20(25)22-16(3)18-8-6-5-7-9-18/h5-9,11,13,15-16H,10,12,14H2,1-4H3,(H,22,25)/t16-/m1/s1. The van der Waals surface area contributed by atoms with E-state index in [9.17, 15) is 9.59 Å². The lowest BCUT2D eigenvalue weighted by Crippen LogP contribution is -2.32. The van der Waals surface area contributed by atoms with Crippen LogP contribution in [-0.2, 0) is 11.3 Å². The van der Waals surface area contributed by atoms with Crippen LogP contribution in [-0.4, -0.2) is 17.1 Å². The van der Waals surface area contributed by atoms with Crippen LogP contribution < -0.4 is 15.5 Å². The molecular formula is C21H28N2O3. The topological polar surface area (TPSA) is 60.3 Å². The molecule has 5 nitrogen and oxygen atoms in total. The number of nitrogens with zero attached hydrogens (tertiary/aromatic N) is 1. The average molecular weight is 356 g/mol. The summed E-state index contributed by atoms with van der Waals surface area (Å²) in [6.45, 7) is 8.72. The SMILES string of the molecule is Cc1c(OCC(=O)N[C@H](C)c2ccccc2)c(=O)ccn1CCC(C)C. The number of amides is 1. The van der Waals surface area contributed by atoms with Crippen LogP contribution in [0, 0.1) is 12.8 Å². The molecule has 140 valence electrons. The van der Waals surface area contributed by atoms with Crippen molar-refractivity contribution in [3.05, 3.63) is 64.1 Å². The van der Waals surface area contributed by atoms with E-state index in [-0.39, 0.29) is 29.7 Å². The highest BCUT2D eigenvalue weighted by atomic mass is 16.5. The zero-order valence-electron chi connectivity index (χ0n) is 16.0. The molecule has 1 atom stereocenters. The van der Waals surface area contributed by atoms with E-state index in [0.717, 1.165) is 24.2 Å². The normalized spacial score (nSPS) is 12.0. The van der Waals surface area contributed by atoms with Gasteiger partial charge in [0.25, 0.3) is 5.91 Å². The summed E-state index contributed by atoms with van der Waals surface area (Å²) in [5.41, 5.74) is 1.57. The maximum Gasteiger partial charge on any atom is 0.258 e. The molecule has 0 aliphatic rings. The van der Waals surface area contributed by atoms with Gasteiger partial charge in [-0.3, -0.25) is 9.59 Å². The van der Waals surface area contributed by atoms with Crippen molar-refractivity contribution in [1.82, 2.24) is 9.88 Å². The Labute approximate surface area is 155 Å². The van der Waals surface area contributed by atoms with Crippen LogP contribution in [0.2, 0.25) is 0 Å². The lowest BCUT2D eigenvalue weighted by Gasteiger charge is -2.17. The molecule has 1 aromatic heterocycles. The summed E-state index contributed by atoms with van der Waals surface area (Å²) in [4.78, 5) is 24.3. The van der Waals surface area contributed by atoms with Crippen molar-refractivity contribution in [2.24, 2.45) is 5.92 Å². The Morgan fingerprint density at radius 1 is 1.15 bits per heavy atom. The number of benzene rings is 1. The van der Waals surface area contributed by atoms with E-state index in [2.05, 4.69) is 19.2 Å². The fraction of sp³-hybridized carbons (Fsp3) is 0.429. The van der Waals surface area contributed by atoms with Gasteiger partial charge in [-0.05, 0) is 31.7 Å². The van der Waals surface area contributed by atoms with Crippen molar-refractivity contribution in [2.75, 3.05) is 6.61 Å². The molecule has 5 heteroatoms. The number of nitrogens with one attached hydrogen (secondary N) is 1. The molecule has 26 heavy (non-hydrogen) atoms. The lowest BCUT2D eigenvalue weighted by atomic mass is 10.1. The average Bonchev–Trinajstić information content (AvgIpc) is 2.61. The summed E-state index contributed by atoms with van der Waals surface area (Å²) in [6.07, 6.45) is 2.79. The van der Waals surface area contributed by atoms with E-state index in [1.165, 1.54) is 6.07 Å². The number of rotatable bonds is 8. The van der Waals surface area contributed by atoms with Gasteiger partial charge < -0.3 is 14.6 Å². The van der Waals surface area contributed by atoms with Crippen molar-refractivity contribution in [2.45, 2.75) is 46.7 Å². The number of ether oxygens (including phenoxy) is 1. The second kappa shape index (κ2) is 9.22. The van der Waals surface area contributed by atoms with Crippen molar-refractivity contribution >= 4 is 5.91 Å². The molecule has 0 unspecified atom stereocenters. The Balaban J connectivity index is 1.99. The van der Waals surface area contributed by atoms with Gasteiger partial charge in [-0.1, -0.05) is 44.2 Å². The summed E-state index contributed by atoms with van der Waals surface area (Å²) in [6, 6.07) is 11.1. The fourth-order valence-corrected chi connectivity index (χ4v) is 2.71. The zero-order chi connectivity index (χ0) is 19.1. The monoisotopic (exact) mass is 356 g/mol. The molecule has 2 rings (SSSR count). The molecule has 0 bridgehead atoms. The van der Waals surface area contributed by atoms with Gasteiger partial charge in [0.05, 0.1) is 11.7 Å². The molecule has 2 aromatic rings. The van der Waals surface area contributed by atoms with Crippen LogP contribution in [0.5, 0.6) is 5.75 Å². The number of carbonyl (C=O) groups is 1. The van der Waals surface area contributed by atoms with Crippen molar-refractivity contribution in [3.63, 3.8) is 0 Å². The highest BCUT2D eigenvalue weighted by molar-refractivity contribution is 5.78. The maximum atomic E-state index is 12.2. The van der Waals surface area contributed by atoms with E-state index in [1.54, 1.807) is 6.20 Å². The van der Waals surface area contributed by atoms with E-state index < -0.39 is 0 Å². The zero-order valence-corrected chi connectivity index (χ0v) is 16.0. The first-order valence-electron chi connectivity index (χ1n) is 9.05. The number of aromatic nitrogens is 1. The van der Waals surface area contributed by atoms with Crippen LogP contribution in [0.3, 0.4) is 0 Å². The second-order valence-electron chi connectivity index (χ2n) is 6.96. The highest BCUT2D eigenvalue weighted by Gasteiger charge is 2.13. The molecule has 0 aliphatic heterocycles. The van der Waals surface area contributed by atoms with Crippen LogP contribution in [0.15, 0.2) is 47.4 Å². The summed E-state index contributed by atoms with van der Waals surface area (Å²) >= 11 is 0. The van der Waals surface area contributed by atoms with Gasteiger partial charge >= 0.3 is 0 Å². The third-order valence-corrected chi connectivity index (χ3v) is 4.36. The molecule has 1 amide bonds. The highest BCUT2D eigenvalue weighted by Crippen LogP contribution is 2.14. The van der Waals surface area contributed by atoms with Crippen molar-refractivity contribution in [1.29, 1.82) is 0 Å². The van der Waals surface area contributed by atoms with Crippen molar-refractivity contribution < 1.29 is 9.53 Å². The minimum atomic E-state index is -0.252. The number of hydrogen-bond donors (Lipinski definition) is 1. The molecule has 1 heterocycles. The quantitative estimate of drug-likeness (QED) is 0.788. The van der Waals surface area contributed by atoms with Crippen LogP contribution in [0.25, 0.3) is 0 Å². The molecule has 0 aliphatic carbocycles. The predicted octanol–water partition coefficient (Wildman–Crippen LogP) is 3.46. The number of hydrogen-bond acceptors (Lipinski definition) is 3. The molecule has 0 radical (unpaired) electrons. The predicted molar refractivity (Wildman–Crippen MR) is 103 cm³/mol. The Morgan fingerprint density at radius 2 is 1.85 bits per heavy atom. The molecule has 0 spiro atoms. The first-order valence-corrected chi connectivity index (χ1v) is 9.05. The Morgan fingerprint density at radius 3 is 2.50 bits per heavy atom. The minimum absolute atomic E-state index is 0.119. The molecule has 1 N–H and O–H groups in total. The van der Waals surface area contributed by atoms with Gasteiger partial charge in [-0.25, -0.2) is 0 Å².